The summed E-state index contributed by atoms with van der Waals surface area (Å²) >= 11 is 0. The van der Waals surface area contributed by atoms with Crippen LogP contribution >= 0.6 is 0 Å². The van der Waals surface area contributed by atoms with E-state index in [9.17, 15) is 18.8 Å². The van der Waals surface area contributed by atoms with Crippen LogP contribution in [0.1, 0.15) is 34.6 Å². The Morgan fingerprint density at radius 3 is 2.02 bits per heavy atom. The van der Waals surface area contributed by atoms with Gasteiger partial charge in [0.05, 0.1) is 5.56 Å². The quantitative estimate of drug-likeness (QED) is 0.325. The first-order valence-corrected chi connectivity index (χ1v) is 12.7. The molecule has 0 aliphatic rings. The van der Waals surface area contributed by atoms with Gasteiger partial charge in [0, 0.05) is 37.7 Å². The van der Waals surface area contributed by atoms with Crippen LogP contribution in [-0.2, 0) is 4.79 Å². The molecule has 4 rings (SSSR count). The average molecular weight is 547 g/mol. The summed E-state index contributed by atoms with van der Waals surface area (Å²) in [6.45, 7) is 3.31. The molecular formula is C31H35FN4O4. The predicted octanol–water partition coefficient (Wildman–Crippen LogP) is 4.70. The number of likely N-dealkylation sites (N-methyl/N-ethyl adjacent to an activating group) is 1. The van der Waals surface area contributed by atoms with E-state index in [1.807, 2.05) is 32.3 Å². The summed E-state index contributed by atoms with van der Waals surface area (Å²) in [4.78, 5) is 39.7. The van der Waals surface area contributed by atoms with Crippen molar-refractivity contribution in [2.24, 2.45) is 0 Å². The zero-order chi connectivity index (χ0) is 29.6. The van der Waals surface area contributed by atoms with E-state index in [1.165, 1.54) is 24.1 Å². The Labute approximate surface area is 233 Å². The van der Waals surface area contributed by atoms with Crippen molar-refractivity contribution in [1.82, 2.24) is 20.9 Å². The van der Waals surface area contributed by atoms with Crippen molar-refractivity contribution < 1.29 is 23.2 Å². The third-order valence-corrected chi connectivity index (χ3v) is 6.07. The molecule has 1 aromatic heterocycles. The van der Waals surface area contributed by atoms with E-state index in [0.717, 1.165) is 11.1 Å². The minimum atomic E-state index is -1.08. The van der Waals surface area contributed by atoms with E-state index in [2.05, 4.69) is 16.0 Å². The lowest BCUT2D eigenvalue weighted by Crippen LogP contribution is -2.54. The molecule has 0 aliphatic carbocycles. The number of furan rings is 1. The maximum absolute atomic E-state index is 13.5. The average Bonchev–Trinajstić information content (AvgIpc) is 3.31. The molecule has 4 aromatic rings. The number of hydrogen-bond acceptors (Lipinski definition) is 5. The second-order valence-corrected chi connectivity index (χ2v) is 9.96. The van der Waals surface area contributed by atoms with Crippen LogP contribution in [0.15, 0.2) is 71.1 Å². The molecule has 0 bridgehead atoms. The van der Waals surface area contributed by atoms with Crippen LogP contribution < -0.4 is 16.0 Å². The molecule has 0 radical (unpaired) electrons. The first kappa shape index (κ1) is 30.0. The summed E-state index contributed by atoms with van der Waals surface area (Å²) < 4.78 is 19.5. The zero-order valence-electron chi connectivity index (χ0n) is 23.8. The molecule has 0 saturated carbocycles. The zero-order valence-corrected chi connectivity index (χ0v) is 23.8. The van der Waals surface area contributed by atoms with Gasteiger partial charge in [-0.2, -0.15) is 0 Å². The van der Waals surface area contributed by atoms with Crippen molar-refractivity contribution in [3.05, 3.63) is 83.7 Å². The van der Waals surface area contributed by atoms with Crippen molar-refractivity contribution in [2.45, 2.75) is 19.4 Å². The number of benzene rings is 3. The Kier molecular flexibility index (Phi) is 9.44. The van der Waals surface area contributed by atoms with Crippen LogP contribution in [0, 0.1) is 5.82 Å². The fourth-order valence-corrected chi connectivity index (χ4v) is 4.24. The Bertz CT molecular complexity index is 1520. The normalized spacial score (nSPS) is 10.9. The lowest BCUT2D eigenvalue weighted by Gasteiger charge is -2.28. The Hall–Kier alpha value is -4.50. The molecule has 9 heteroatoms. The monoisotopic (exact) mass is 546 g/mol. The highest BCUT2D eigenvalue weighted by atomic mass is 19.1. The second kappa shape index (κ2) is 12.6. The number of nitrogens with zero attached hydrogens (tertiary/aromatic N) is 1. The number of rotatable bonds is 6. The molecule has 210 valence electrons. The summed E-state index contributed by atoms with van der Waals surface area (Å²) in [5.74, 6) is -0.984. The second-order valence-electron chi connectivity index (χ2n) is 9.96. The maximum atomic E-state index is 13.5. The summed E-state index contributed by atoms with van der Waals surface area (Å²) in [5.41, 5.74) is 2.24. The Balaban J connectivity index is 0.00000141. The lowest BCUT2D eigenvalue weighted by molar-refractivity contribution is -0.134. The van der Waals surface area contributed by atoms with Crippen LogP contribution in [0.3, 0.4) is 0 Å². The molecular weight excluding hydrogens is 511 g/mol. The molecule has 3 amide bonds. The standard InChI is InChI=1S/C29H28FN3O4.C2H7N/c1-29(2,28(36)33(4)5)32-26(34)20-8-6-7-18(15-20)19-11-14-23-22(16-19)24(27(35)31-3)25(37-23)17-9-12-21(30)13-10-17;1-3-2/h6-16H,1-5H3,(H,31,35)(H,32,34);3H,1-2H3. The number of fused-ring (bicyclic) bond motifs is 1. The van der Waals surface area contributed by atoms with Gasteiger partial charge in [-0.05, 0) is 87.6 Å². The number of carbonyl (C=O) groups excluding carboxylic acids is 3. The predicted molar refractivity (Wildman–Crippen MR) is 156 cm³/mol. The molecule has 3 aromatic carbocycles. The highest BCUT2D eigenvalue weighted by Crippen LogP contribution is 2.36. The van der Waals surface area contributed by atoms with Gasteiger partial charge in [0.1, 0.15) is 22.7 Å². The first-order chi connectivity index (χ1) is 18.9. The molecule has 0 fully saturated rings. The van der Waals surface area contributed by atoms with Gasteiger partial charge in [-0.1, -0.05) is 18.2 Å². The Morgan fingerprint density at radius 1 is 0.825 bits per heavy atom. The molecule has 0 aliphatic heterocycles. The van der Waals surface area contributed by atoms with Gasteiger partial charge >= 0.3 is 0 Å². The third kappa shape index (κ3) is 6.55. The van der Waals surface area contributed by atoms with Gasteiger partial charge < -0.3 is 25.3 Å². The number of hydrogen-bond donors (Lipinski definition) is 3. The Morgan fingerprint density at radius 2 is 1.43 bits per heavy atom. The fourth-order valence-electron chi connectivity index (χ4n) is 4.24. The summed E-state index contributed by atoms with van der Waals surface area (Å²) in [7, 11) is 8.55. The largest absolute Gasteiger partial charge is 0.455 e. The van der Waals surface area contributed by atoms with E-state index in [0.29, 0.717) is 33.4 Å². The topological polar surface area (TPSA) is 104 Å². The number of amides is 3. The lowest BCUT2D eigenvalue weighted by atomic mass is 9.98. The van der Waals surface area contributed by atoms with E-state index >= 15 is 0 Å². The highest BCUT2D eigenvalue weighted by Gasteiger charge is 2.31. The minimum Gasteiger partial charge on any atom is -0.455 e. The number of halogens is 1. The van der Waals surface area contributed by atoms with Gasteiger partial charge in [-0.3, -0.25) is 14.4 Å². The summed E-state index contributed by atoms with van der Waals surface area (Å²) in [6, 6.07) is 18.2. The van der Waals surface area contributed by atoms with Gasteiger partial charge in [0.2, 0.25) is 5.91 Å². The van der Waals surface area contributed by atoms with E-state index < -0.39 is 5.54 Å². The van der Waals surface area contributed by atoms with Crippen LogP contribution in [0.4, 0.5) is 4.39 Å². The van der Waals surface area contributed by atoms with Crippen LogP contribution in [0.2, 0.25) is 0 Å². The SMILES string of the molecule is CNC.CNC(=O)c1c(-c2ccc(F)cc2)oc2ccc(-c3cccc(C(=O)NC(C)(C)C(=O)N(C)C)c3)cc12. The molecule has 0 spiro atoms. The first-order valence-electron chi connectivity index (χ1n) is 12.7. The van der Waals surface area contributed by atoms with Crippen LogP contribution in [0.25, 0.3) is 33.4 Å². The van der Waals surface area contributed by atoms with Gasteiger partial charge in [0.15, 0.2) is 0 Å². The molecule has 0 saturated heterocycles. The van der Waals surface area contributed by atoms with Crippen LogP contribution in [-0.4, -0.2) is 63.4 Å². The van der Waals surface area contributed by atoms with Crippen molar-refractivity contribution in [3.63, 3.8) is 0 Å². The molecule has 0 unspecified atom stereocenters. The van der Waals surface area contributed by atoms with Crippen molar-refractivity contribution in [1.29, 1.82) is 0 Å². The van der Waals surface area contributed by atoms with Gasteiger partial charge in [0.25, 0.3) is 11.8 Å². The molecule has 40 heavy (non-hydrogen) atoms. The molecule has 3 N–H and O–H groups in total. The molecule has 0 atom stereocenters. The van der Waals surface area contributed by atoms with E-state index in [1.54, 1.807) is 64.3 Å². The summed E-state index contributed by atoms with van der Waals surface area (Å²) in [5, 5.41) is 8.78. The maximum Gasteiger partial charge on any atom is 0.255 e. The van der Waals surface area contributed by atoms with Crippen molar-refractivity contribution in [2.75, 3.05) is 35.2 Å². The van der Waals surface area contributed by atoms with Crippen LogP contribution in [0.5, 0.6) is 0 Å². The fraction of sp³-hybridized carbons (Fsp3) is 0.258. The third-order valence-electron chi connectivity index (χ3n) is 6.07. The number of nitrogens with one attached hydrogen (secondary N) is 3. The highest BCUT2D eigenvalue weighted by molar-refractivity contribution is 6.12. The van der Waals surface area contributed by atoms with Crippen molar-refractivity contribution in [3.8, 4) is 22.5 Å². The van der Waals surface area contributed by atoms with E-state index in [4.69, 9.17) is 4.42 Å². The van der Waals surface area contributed by atoms with Gasteiger partial charge in [-0.25, -0.2) is 4.39 Å². The number of carbonyl (C=O) groups is 3. The smallest absolute Gasteiger partial charge is 0.255 e. The minimum absolute atomic E-state index is 0.221. The molecule has 8 nitrogen and oxygen atoms in total. The summed E-state index contributed by atoms with van der Waals surface area (Å²) in [6.07, 6.45) is 0. The van der Waals surface area contributed by atoms with Gasteiger partial charge in [-0.15, -0.1) is 0 Å². The van der Waals surface area contributed by atoms with Crippen molar-refractivity contribution >= 4 is 28.7 Å². The van der Waals surface area contributed by atoms with E-state index in [-0.39, 0.29) is 23.5 Å². The molecule has 1 heterocycles.